The minimum Gasteiger partial charge on any atom is -0.352 e. The zero-order valence-electron chi connectivity index (χ0n) is 20.4. The molecule has 0 unspecified atom stereocenters. The van der Waals surface area contributed by atoms with E-state index < -0.39 is 36.1 Å². The number of urea groups is 1. The van der Waals surface area contributed by atoms with Crippen LogP contribution < -0.4 is 26.8 Å². The third kappa shape index (κ3) is 5.46. The summed E-state index contributed by atoms with van der Waals surface area (Å²) >= 11 is 0. The lowest BCUT2D eigenvalue weighted by Crippen LogP contribution is -2.44. The standard InChI is InChI=1S/C27H24F3N5O3/c1-15-10-16(2)12-19(11-15)35-21-13-18(27(28,29)30)8-9-20(21)23(25(35)37)24(17-6-4-3-5-7-17)34-33-22(36)14-32-26(31)38/h3-13,34H,14H2,1-2H3,(H,33,36)(H3,31,32,38)/b24-23-. The number of nitrogens with zero attached hydrogens (tertiary/aromatic N) is 1. The summed E-state index contributed by atoms with van der Waals surface area (Å²) in [6.07, 6.45) is -4.62. The number of amides is 4. The maximum Gasteiger partial charge on any atom is 0.416 e. The fraction of sp³-hybridized carbons (Fsp3) is 0.148. The second-order valence-corrected chi connectivity index (χ2v) is 8.72. The van der Waals surface area contributed by atoms with Crippen LogP contribution >= 0.6 is 0 Å². The Morgan fingerprint density at radius 1 is 0.921 bits per heavy atom. The molecule has 0 saturated carbocycles. The largest absolute Gasteiger partial charge is 0.416 e. The second-order valence-electron chi connectivity index (χ2n) is 8.72. The molecule has 8 nitrogen and oxygen atoms in total. The Kier molecular flexibility index (Phi) is 7.11. The molecule has 11 heteroatoms. The summed E-state index contributed by atoms with van der Waals surface area (Å²) in [4.78, 5) is 38.4. The van der Waals surface area contributed by atoms with Gasteiger partial charge in [0.1, 0.15) is 6.54 Å². The number of fused-ring (bicyclic) bond motifs is 1. The Morgan fingerprint density at radius 3 is 2.18 bits per heavy atom. The van der Waals surface area contributed by atoms with E-state index in [1.807, 2.05) is 19.9 Å². The van der Waals surface area contributed by atoms with Gasteiger partial charge in [0.05, 0.1) is 22.5 Å². The van der Waals surface area contributed by atoms with Crippen LogP contribution in [0.15, 0.2) is 66.7 Å². The molecule has 38 heavy (non-hydrogen) atoms. The highest BCUT2D eigenvalue weighted by Crippen LogP contribution is 2.46. The van der Waals surface area contributed by atoms with Crippen LogP contribution in [-0.2, 0) is 15.8 Å². The molecule has 0 radical (unpaired) electrons. The smallest absolute Gasteiger partial charge is 0.352 e. The van der Waals surface area contributed by atoms with Gasteiger partial charge in [0.25, 0.3) is 11.8 Å². The molecule has 0 aliphatic carbocycles. The molecule has 0 atom stereocenters. The molecule has 196 valence electrons. The van der Waals surface area contributed by atoms with Crippen LogP contribution in [0.2, 0.25) is 0 Å². The molecule has 3 aromatic carbocycles. The van der Waals surface area contributed by atoms with E-state index in [-0.39, 0.29) is 22.5 Å². The van der Waals surface area contributed by atoms with Crippen LogP contribution in [0.3, 0.4) is 0 Å². The van der Waals surface area contributed by atoms with Crippen molar-refractivity contribution in [2.24, 2.45) is 5.73 Å². The van der Waals surface area contributed by atoms with Gasteiger partial charge in [-0.25, -0.2) is 4.79 Å². The number of anilines is 2. The first-order valence-corrected chi connectivity index (χ1v) is 11.5. The first-order chi connectivity index (χ1) is 18.0. The van der Waals surface area contributed by atoms with Gasteiger partial charge < -0.3 is 11.1 Å². The molecule has 1 aliphatic rings. The van der Waals surface area contributed by atoms with Gasteiger partial charge in [-0.15, -0.1) is 0 Å². The third-order valence-electron chi connectivity index (χ3n) is 5.78. The maximum absolute atomic E-state index is 14.0. The van der Waals surface area contributed by atoms with Gasteiger partial charge in [-0.2, -0.15) is 13.2 Å². The molecule has 0 bridgehead atoms. The predicted molar refractivity (Wildman–Crippen MR) is 137 cm³/mol. The van der Waals surface area contributed by atoms with Crippen molar-refractivity contribution in [3.8, 4) is 0 Å². The highest BCUT2D eigenvalue weighted by molar-refractivity contribution is 6.39. The Bertz CT molecular complexity index is 1430. The number of hydrogen-bond acceptors (Lipinski definition) is 4. The summed E-state index contributed by atoms with van der Waals surface area (Å²) in [5, 5.41) is 2.15. The SMILES string of the molecule is Cc1cc(C)cc(N2C(=O)/C(=C(\NNC(=O)CNC(N)=O)c3ccccc3)c3ccc(C(F)(F)F)cc32)c1. The summed E-state index contributed by atoms with van der Waals surface area (Å²) < 4.78 is 41.0. The number of nitrogens with two attached hydrogens (primary N) is 1. The van der Waals surface area contributed by atoms with Crippen LogP contribution in [0, 0.1) is 13.8 Å². The normalized spacial score (nSPS) is 14.1. The minimum atomic E-state index is -4.62. The predicted octanol–water partition coefficient (Wildman–Crippen LogP) is 4.16. The highest BCUT2D eigenvalue weighted by atomic mass is 19.4. The van der Waals surface area contributed by atoms with E-state index >= 15 is 0 Å². The van der Waals surface area contributed by atoms with E-state index in [0.29, 0.717) is 11.3 Å². The molecule has 1 heterocycles. The number of hydrogen-bond donors (Lipinski definition) is 4. The van der Waals surface area contributed by atoms with E-state index in [0.717, 1.165) is 23.3 Å². The monoisotopic (exact) mass is 523 g/mol. The van der Waals surface area contributed by atoms with Gasteiger partial charge in [-0.1, -0.05) is 42.5 Å². The van der Waals surface area contributed by atoms with Crippen LogP contribution in [-0.4, -0.2) is 24.4 Å². The molecule has 0 spiro atoms. The van der Waals surface area contributed by atoms with Crippen molar-refractivity contribution in [1.82, 2.24) is 16.2 Å². The number of carbonyl (C=O) groups excluding carboxylic acids is 3. The van der Waals surface area contributed by atoms with Gasteiger partial charge in [0.2, 0.25) is 0 Å². The molecule has 4 rings (SSSR count). The van der Waals surface area contributed by atoms with Gasteiger partial charge in [0, 0.05) is 16.8 Å². The fourth-order valence-corrected chi connectivity index (χ4v) is 4.25. The molecular weight excluding hydrogens is 499 g/mol. The van der Waals surface area contributed by atoms with Crippen molar-refractivity contribution in [2.45, 2.75) is 20.0 Å². The number of alkyl halides is 3. The molecule has 0 fully saturated rings. The lowest BCUT2D eigenvalue weighted by atomic mass is 9.99. The van der Waals surface area contributed by atoms with Crippen molar-refractivity contribution >= 4 is 40.5 Å². The summed E-state index contributed by atoms with van der Waals surface area (Å²) in [6.45, 7) is 3.22. The number of nitrogens with one attached hydrogen (secondary N) is 3. The lowest BCUT2D eigenvalue weighted by Gasteiger charge is -2.20. The Labute approximate surface area is 216 Å². The van der Waals surface area contributed by atoms with Gasteiger partial charge >= 0.3 is 12.2 Å². The quantitative estimate of drug-likeness (QED) is 0.287. The Morgan fingerprint density at radius 2 is 1.58 bits per heavy atom. The van der Waals surface area contributed by atoms with E-state index in [4.69, 9.17) is 5.73 Å². The van der Waals surface area contributed by atoms with E-state index in [1.165, 1.54) is 11.0 Å². The van der Waals surface area contributed by atoms with E-state index in [9.17, 15) is 27.6 Å². The van der Waals surface area contributed by atoms with Crippen LogP contribution in [0.5, 0.6) is 0 Å². The number of carbonyl (C=O) groups is 3. The topological polar surface area (TPSA) is 117 Å². The molecule has 5 N–H and O–H groups in total. The van der Waals surface area contributed by atoms with Gasteiger partial charge in [-0.05, 0) is 49.2 Å². The second kappa shape index (κ2) is 10.3. The summed E-state index contributed by atoms with van der Waals surface area (Å²) in [7, 11) is 0. The van der Waals surface area contributed by atoms with E-state index in [1.54, 1.807) is 42.5 Å². The number of primary amides is 1. The summed E-state index contributed by atoms with van der Waals surface area (Å²) in [5.41, 5.74) is 12.3. The summed E-state index contributed by atoms with van der Waals surface area (Å²) in [5.74, 6) is -1.25. The first-order valence-electron chi connectivity index (χ1n) is 11.5. The minimum absolute atomic E-state index is 0.0572. The van der Waals surface area contributed by atoms with E-state index in [2.05, 4.69) is 16.2 Å². The highest BCUT2D eigenvalue weighted by Gasteiger charge is 2.39. The van der Waals surface area contributed by atoms with Crippen molar-refractivity contribution in [3.05, 3.63) is 94.5 Å². The molecular formula is C27H24F3N5O3. The number of aryl methyl sites for hydroxylation is 2. The van der Waals surface area contributed by atoms with Crippen LogP contribution in [0.25, 0.3) is 11.3 Å². The number of halogens is 3. The molecule has 0 saturated heterocycles. The molecule has 1 aliphatic heterocycles. The zero-order valence-corrected chi connectivity index (χ0v) is 20.4. The lowest BCUT2D eigenvalue weighted by molar-refractivity contribution is -0.137. The first kappa shape index (κ1) is 26.3. The number of hydrazine groups is 1. The van der Waals surface area contributed by atoms with Crippen LogP contribution in [0.4, 0.5) is 29.3 Å². The Hall–Kier alpha value is -4.80. The molecule has 4 amide bonds. The molecule has 0 aromatic heterocycles. The molecule has 3 aromatic rings. The van der Waals surface area contributed by atoms with Crippen molar-refractivity contribution in [2.75, 3.05) is 11.4 Å². The fourth-order valence-electron chi connectivity index (χ4n) is 4.25. The number of rotatable bonds is 6. The third-order valence-corrected chi connectivity index (χ3v) is 5.78. The average Bonchev–Trinajstić information content (AvgIpc) is 3.13. The van der Waals surface area contributed by atoms with Crippen molar-refractivity contribution in [1.29, 1.82) is 0 Å². The van der Waals surface area contributed by atoms with Crippen LogP contribution in [0.1, 0.15) is 27.8 Å². The van der Waals surface area contributed by atoms with Crippen molar-refractivity contribution < 1.29 is 27.6 Å². The van der Waals surface area contributed by atoms with Crippen molar-refractivity contribution in [3.63, 3.8) is 0 Å². The zero-order chi connectivity index (χ0) is 27.6. The maximum atomic E-state index is 14.0. The number of benzene rings is 3. The van der Waals surface area contributed by atoms with Gasteiger partial charge in [-0.3, -0.25) is 25.3 Å². The Balaban J connectivity index is 1.90. The summed E-state index contributed by atoms with van der Waals surface area (Å²) in [6, 6.07) is 16.1. The van der Waals surface area contributed by atoms with Gasteiger partial charge in [0.15, 0.2) is 0 Å². The average molecular weight is 524 g/mol.